The van der Waals surface area contributed by atoms with Gasteiger partial charge in [0.05, 0.1) is 18.7 Å². The first kappa shape index (κ1) is 19.5. The quantitative estimate of drug-likeness (QED) is 0.574. The van der Waals surface area contributed by atoms with Gasteiger partial charge in [0.1, 0.15) is 5.82 Å². The van der Waals surface area contributed by atoms with Crippen molar-refractivity contribution in [2.24, 2.45) is 0 Å². The van der Waals surface area contributed by atoms with Gasteiger partial charge in [-0.1, -0.05) is 58.4 Å². The Labute approximate surface area is 175 Å². The van der Waals surface area contributed by atoms with Crippen LogP contribution in [-0.4, -0.2) is 16.8 Å². The monoisotopic (exact) mass is 453 g/mol. The molecule has 3 aromatic carbocycles. The van der Waals surface area contributed by atoms with Crippen molar-refractivity contribution in [1.29, 1.82) is 0 Å². The van der Waals surface area contributed by atoms with Gasteiger partial charge in [-0.05, 0) is 35.9 Å². The SMILES string of the molecule is O=C(CC1(O)C(=O)N(Cc2cccc(F)c2)c2ccccc21)c1cccc(Br)c1. The minimum absolute atomic E-state index is 0.0982. The van der Waals surface area contributed by atoms with E-state index in [1.165, 1.54) is 17.0 Å². The number of hydrogen-bond donors (Lipinski definition) is 1. The minimum Gasteiger partial charge on any atom is -0.375 e. The van der Waals surface area contributed by atoms with Crippen LogP contribution in [-0.2, 0) is 16.9 Å². The van der Waals surface area contributed by atoms with Crippen molar-refractivity contribution in [1.82, 2.24) is 0 Å². The number of para-hydroxylation sites is 1. The molecule has 4 nitrogen and oxygen atoms in total. The van der Waals surface area contributed by atoms with Gasteiger partial charge in [0.2, 0.25) is 0 Å². The van der Waals surface area contributed by atoms with Gasteiger partial charge in [-0.3, -0.25) is 9.59 Å². The molecular formula is C23H17BrFNO3. The molecule has 0 radical (unpaired) electrons. The highest BCUT2D eigenvalue weighted by molar-refractivity contribution is 9.10. The van der Waals surface area contributed by atoms with Crippen molar-refractivity contribution in [2.45, 2.75) is 18.6 Å². The number of nitrogens with zero attached hydrogens (tertiary/aromatic N) is 1. The van der Waals surface area contributed by atoms with E-state index in [-0.39, 0.29) is 18.7 Å². The summed E-state index contributed by atoms with van der Waals surface area (Å²) in [5.41, 5.74) is -0.0722. The Morgan fingerprint density at radius 1 is 1.03 bits per heavy atom. The number of halogens is 2. The van der Waals surface area contributed by atoms with Crippen molar-refractivity contribution in [3.8, 4) is 0 Å². The lowest BCUT2D eigenvalue weighted by atomic mass is 9.88. The number of amides is 1. The van der Waals surface area contributed by atoms with Crippen LogP contribution in [0.25, 0.3) is 0 Å². The maximum Gasteiger partial charge on any atom is 0.264 e. The van der Waals surface area contributed by atoms with Crippen LogP contribution in [0.5, 0.6) is 0 Å². The average molecular weight is 454 g/mol. The molecule has 0 aliphatic carbocycles. The number of anilines is 1. The molecule has 1 amide bonds. The number of ketones is 1. The summed E-state index contributed by atoms with van der Waals surface area (Å²) in [6, 6.07) is 19.6. The minimum atomic E-state index is -1.97. The molecule has 1 unspecified atom stereocenters. The highest BCUT2D eigenvalue weighted by Crippen LogP contribution is 2.43. The Kier molecular flexibility index (Phi) is 5.06. The van der Waals surface area contributed by atoms with Crippen LogP contribution in [0.15, 0.2) is 77.3 Å². The molecule has 1 N–H and O–H groups in total. The van der Waals surface area contributed by atoms with E-state index >= 15 is 0 Å². The van der Waals surface area contributed by atoms with Crippen LogP contribution in [0.3, 0.4) is 0 Å². The van der Waals surface area contributed by atoms with Gasteiger partial charge in [0.15, 0.2) is 11.4 Å². The summed E-state index contributed by atoms with van der Waals surface area (Å²) in [6.45, 7) is 0.0982. The lowest BCUT2D eigenvalue weighted by Gasteiger charge is -2.23. The highest BCUT2D eigenvalue weighted by atomic mass is 79.9. The van der Waals surface area contributed by atoms with E-state index in [1.807, 2.05) is 0 Å². The molecule has 1 aliphatic rings. The Bertz CT molecular complexity index is 1120. The molecule has 146 valence electrons. The fourth-order valence-corrected chi connectivity index (χ4v) is 4.05. The zero-order valence-electron chi connectivity index (χ0n) is 15.3. The topological polar surface area (TPSA) is 57.6 Å². The van der Waals surface area contributed by atoms with Crippen molar-refractivity contribution < 1.29 is 19.1 Å². The number of benzene rings is 3. The van der Waals surface area contributed by atoms with Gasteiger partial charge >= 0.3 is 0 Å². The third-order valence-electron chi connectivity index (χ3n) is 5.03. The number of aliphatic hydroxyl groups is 1. The van der Waals surface area contributed by atoms with Gasteiger partial charge in [0.25, 0.3) is 5.91 Å². The maximum atomic E-state index is 13.6. The maximum absolute atomic E-state index is 13.6. The average Bonchev–Trinajstić information content (AvgIpc) is 2.90. The van der Waals surface area contributed by atoms with Crippen molar-refractivity contribution in [3.63, 3.8) is 0 Å². The Balaban J connectivity index is 1.68. The van der Waals surface area contributed by atoms with E-state index in [2.05, 4.69) is 15.9 Å². The fraction of sp³-hybridized carbons (Fsp3) is 0.130. The van der Waals surface area contributed by atoms with E-state index in [0.717, 1.165) is 4.47 Å². The fourth-order valence-electron chi connectivity index (χ4n) is 3.65. The molecule has 0 spiro atoms. The molecule has 6 heteroatoms. The zero-order chi connectivity index (χ0) is 20.6. The summed E-state index contributed by atoms with van der Waals surface area (Å²) in [7, 11) is 0. The molecule has 0 fully saturated rings. The van der Waals surface area contributed by atoms with E-state index < -0.39 is 17.3 Å². The second-order valence-electron chi connectivity index (χ2n) is 7.01. The number of rotatable bonds is 5. The zero-order valence-corrected chi connectivity index (χ0v) is 16.9. The smallest absolute Gasteiger partial charge is 0.264 e. The van der Waals surface area contributed by atoms with Crippen LogP contribution in [0.4, 0.5) is 10.1 Å². The van der Waals surface area contributed by atoms with Crippen molar-refractivity contribution >= 4 is 33.3 Å². The van der Waals surface area contributed by atoms with Crippen LogP contribution < -0.4 is 4.90 Å². The number of Topliss-reactive ketones (excluding diaryl/α,β-unsaturated/α-hetero) is 1. The van der Waals surface area contributed by atoms with Gasteiger partial charge in [-0.2, -0.15) is 0 Å². The molecule has 4 rings (SSSR count). The first-order chi connectivity index (χ1) is 13.9. The molecule has 3 aromatic rings. The van der Waals surface area contributed by atoms with E-state index in [4.69, 9.17) is 0 Å². The lowest BCUT2D eigenvalue weighted by Crippen LogP contribution is -2.41. The molecular weight excluding hydrogens is 437 g/mol. The lowest BCUT2D eigenvalue weighted by molar-refractivity contribution is -0.136. The summed E-state index contributed by atoms with van der Waals surface area (Å²) >= 11 is 3.33. The summed E-state index contributed by atoms with van der Waals surface area (Å²) in [5.74, 6) is -1.33. The summed E-state index contributed by atoms with van der Waals surface area (Å²) in [6.07, 6.45) is -0.376. The van der Waals surface area contributed by atoms with Gasteiger partial charge in [-0.25, -0.2) is 4.39 Å². The third kappa shape index (κ3) is 3.61. The summed E-state index contributed by atoms with van der Waals surface area (Å²) in [5, 5.41) is 11.3. The van der Waals surface area contributed by atoms with E-state index in [9.17, 15) is 19.1 Å². The third-order valence-corrected chi connectivity index (χ3v) is 5.53. The van der Waals surface area contributed by atoms with Crippen molar-refractivity contribution in [2.75, 3.05) is 4.90 Å². The molecule has 0 saturated carbocycles. The molecule has 0 aromatic heterocycles. The van der Waals surface area contributed by atoms with Crippen LogP contribution in [0.2, 0.25) is 0 Å². The number of fused-ring (bicyclic) bond motifs is 1. The standard InChI is InChI=1S/C23H17BrFNO3/c24-17-7-4-6-16(12-17)21(27)13-23(29)19-9-1-2-10-20(19)26(22(23)28)14-15-5-3-8-18(25)11-15/h1-12,29H,13-14H2. The number of carbonyl (C=O) groups is 2. The molecule has 29 heavy (non-hydrogen) atoms. The highest BCUT2D eigenvalue weighted by Gasteiger charge is 2.50. The molecule has 0 saturated heterocycles. The van der Waals surface area contributed by atoms with Crippen LogP contribution in [0.1, 0.15) is 27.9 Å². The Morgan fingerprint density at radius 3 is 2.55 bits per heavy atom. The first-order valence-electron chi connectivity index (χ1n) is 9.05. The molecule has 1 aliphatic heterocycles. The van der Waals surface area contributed by atoms with E-state index in [1.54, 1.807) is 60.7 Å². The summed E-state index contributed by atoms with van der Waals surface area (Å²) < 4.78 is 14.3. The summed E-state index contributed by atoms with van der Waals surface area (Å²) in [4.78, 5) is 27.5. The van der Waals surface area contributed by atoms with E-state index in [0.29, 0.717) is 22.4 Å². The van der Waals surface area contributed by atoms with Crippen molar-refractivity contribution in [3.05, 3.63) is 99.8 Å². The largest absolute Gasteiger partial charge is 0.375 e. The van der Waals surface area contributed by atoms with Crippen LogP contribution in [0, 0.1) is 5.82 Å². The number of carbonyl (C=O) groups excluding carboxylic acids is 2. The normalized spacial score (nSPS) is 18.0. The van der Waals surface area contributed by atoms with Gasteiger partial charge in [-0.15, -0.1) is 0 Å². The number of hydrogen-bond acceptors (Lipinski definition) is 3. The van der Waals surface area contributed by atoms with Crippen LogP contribution >= 0.6 is 15.9 Å². The molecule has 0 bridgehead atoms. The Hall–Kier alpha value is -2.83. The molecule has 1 heterocycles. The van der Waals surface area contributed by atoms with Gasteiger partial charge < -0.3 is 10.0 Å². The predicted octanol–water partition coefficient (Wildman–Crippen LogP) is 4.60. The first-order valence-corrected chi connectivity index (χ1v) is 9.85. The Morgan fingerprint density at radius 2 is 1.79 bits per heavy atom. The van der Waals surface area contributed by atoms with Gasteiger partial charge in [0, 0.05) is 15.6 Å². The predicted molar refractivity (Wildman–Crippen MR) is 111 cm³/mol. The molecule has 1 atom stereocenters. The second kappa shape index (κ2) is 7.54. The second-order valence-corrected chi connectivity index (χ2v) is 7.92.